The molecule has 0 aliphatic carbocycles. The molecule has 0 fully saturated rings. The summed E-state index contributed by atoms with van der Waals surface area (Å²) in [4.78, 5) is 33.8. The number of nitrogens with one attached hydrogen (secondary N) is 1. The number of nitro benzene ring substituents is 1. The summed E-state index contributed by atoms with van der Waals surface area (Å²) >= 11 is 3.41. The highest BCUT2D eigenvalue weighted by molar-refractivity contribution is 9.10. The van der Waals surface area contributed by atoms with Gasteiger partial charge in [-0.25, -0.2) is 4.79 Å². The number of carbonyl (C=O) groups is 2. The molecule has 0 bridgehead atoms. The number of carbonyl (C=O) groups excluding carboxylic acids is 2. The van der Waals surface area contributed by atoms with E-state index in [1.54, 1.807) is 6.07 Å². The van der Waals surface area contributed by atoms with Gasteiger partial charge in [0.15, 0.2) is 6.61 Å². The number of non-ortho nitro benzene ring substituents is 1. The Morgan fingerprint density at radius 1 is 1.12 bits per heavy atom. The molecular formula is C17H15BrN2O5. The second-order valence-electron chi connectivity index (χ2n) is 5.27. The second-order valence-corrected chi connectivity index (χ2v) is 6.13. The van der Waals surface area contributed by atoms with Gasteiger partial charge in [0.1, 0.15) is 0 Å². The van der Waals surface area contributed by atoms with Gasteiger partial charge in [0.05, 0.1) is 10.5 Å². The number of halogens is 1. The summed E-state index contributed by atoms with van der Waals surface area (Å²) in [6, 6.07) is 8.53. The third kappa shape index (κ3) is 4.63. The molecule has 0 saturated carbocycles. The molecule has 7 nitrogen and oxygen atoms in total. The quantitative estimate of drug-likeness (QED) is 0.462. The summed E-state index contributed by atoms with van der Waals surface area (Å²) < 4.78 is 5.86. The van der Waals surface area contributed by atoms with E-state index in [-0.39, 0.29) is 11.3 Å². The highest BCUT2D eigenvalue weighted by atomic mass is 79.9. The van der Waals surface area contributed by atoms with Gasteiger partial charge in [-0.3, -0.25) is 14.9 Å². The molecular weight excluding hydrogens is 392 g/mol. The number of benzene rings is 2. The van der Waals surface area contributed by atoms with Gasteiger partial charge in [0.25, 0.3) is 11.6 Å². The van der Waals surface area contributed by atoms with E-state index in [1.807, 2.05) is 19.9 Å². The topological polar surface area (TPSA) is 98.5 Å². The lowest BCUT2D eigenvalue weighted by atomic mass is 10.1. The lowest BCUT2D eigenvalue weighted by molar-refractivity contribution is -0.384. The number of hydrogen-bond donors (Lipinski definition) is 1. The summed E-state index contributed by atoms with van der Waals surface area (Å²) in [6.45, 7) is 3.34. The van der Waals surface area contributed by atoms with Crippen LogP contribution in [0.5, 0.6) is 0 Å². The molecule has 25 heavy (non-hydrogen) atoms. The van der Waals surface area contributed by atoms with Crippen molar-refractivity contribution in [3.05, 3.63) is 67.7 Å². The van der Waals surface area contributed by atoms with Crippen molar-refractivity contribution in [3.8, 4) is 0 Å². The minimum atomic E-state index is -0.728. The van der Waals surface area contributed by atoms with Crippen LogP contribution < -0.4 is 5.32 Å². The van der Waals surface area contributed by atoms with Crippen molar-refractivity contribution in [2.24, 2.45) is 0 Å². The number of hydrogen-bond acceptors (Lipinski definition) is 5. The zero-order chi connectivity index (χ0) is 18.6. The molecule has 2 rings (SSSR count). The van der Waals surface area contributed by atoms with E-state index in [9.17, 15) is 19.7 Å². The largest absolute Gasteiger partial charge is 0.452 e. The van der Waals surface area contributed by atoms with Crippen LogP contribution in [0.2, 0.25) is 0 Å². The molecule has 130 valence electrons. The Hall–Kier alpha value is -2.74. The fourth-order valence-electron chi connectivity index (χ4n) is 2.04. The first kappa shape index (κ1) is 18.6. The molecule has 1 amide bonds. The summed E-state index contributed by atoms with van der Waals surface area (Å²) in [5, 5.41) is 13.3. The number of amides is 1. The fourth-order valence-corrected chi connectivity index (χ4v) is 2.47. The van der Waals surface area contributed by atoms with Gasteiger partial charge in [-0.05, 0) is 49.2 Å². The van der Waals surface area contributed by atoms with Crippen LogP contribution in [0.4, 0.5) is 11.4 Å². The van der Waals surface area contributed by atoms with Crippen LogP contribution in [0.15, 0.2) is 40.9 Å². The highest BCUT2D eigenvalue weighted by Gasteiger charge is 2.13. The van der Waals surface area contributed by atoms with Crippen LogP contribution in [0.1, 0.15) is 21.5 Å². The van der Waals surface area contributed by atoms with E-state index in [0.29, 0.717) is 5.69 Å². The molecule has 2 aromatic carbocycles. The average molecular weight is 407 g/mol. The SMILES string of the molecule is Cc1c(Br)ccc(NC(=O)COC(=O)c2ccc([N+](=O)[O-])cc2)c1C. The van der Waals surface area contributed by atoms with Gasteiger partial charge >= 0.3 is 5.97 Å². The number of nitrogens with zero attached hydrogens (tertiary/aromatic N) is 1. The molecule has 0 aliphatic rings. The van der Waals surface area contributed by atoms with Crippen LogP contribution in [0.3, 0.4) is 0 Å². The summed E-state index contributed by atoms with van der Waals surface area (Å²) in [6.07, 6.45) is 0. The van der Waals surface area contributed by atoms with Gasteiger partial charge in [-0.2, -0.15) is 0 Å². The first-order valence-electron chi connectivity index (χ1n) is 7.26. The van der Waals surface area contributed by atoms with Crippen molar-refractivity contribution in [1.29, 1.82) is 0 Å². The lowest BCUT2D eigenvalue weighted by Crippen LogP contribution is -2.21. The molecule has 1 N–H and O–H groups in total. The molecule has 0 saturated heterocycles. The molecule has 0 aromatic heterocycles. The number of ether oxygens (including phenoxy) is 1. The molecule has 0 radical (unpaired) electrons. The maximum absolute atomic E-state index is 12.0. The predicted molar refractivity (Wildman–Crippen MR) is 95.6 cm³/mol. The first-order chi connectivity index (χ1) is 11.8. The molecule has 0 aliphatic heterocycles. The van der Waals surface area contributed by atoms with Crippen LogP contribution >= 0.6 is 15.9 Å². The van der Waals surface area contributed by atoms with Crippen molar-refractivity contribution in [3.63, 3.8) is 0 Å². The van der Waals surface area contributed by atoms with Crippen LogP contribution in [-0.4, -0.2) is 23.4 Å². The molecule has 0 unspecified atom stereocenters. The van der Waals surface area contributed by atoms with Crippen LogP contribution in [0, 0.1) is 24.0 Å². The van der Waals surface area contributed by atoms with Crippen LogP contribution in [-0.2, 0) is 9.53 Å². The third-order valence-electron chi connectivity index (χ3n) is 3.64. The van der Waals surface area contributed by atoms with E-state index in [2.05, 4.69) is 21.2 Å². The molecule has 0 heterocycles. The lowest BCUT2D eigenvalue weighted by Gasteiger charge is -2.12. The minimum Gasteiger partial charge on any atom is -0.452 e. The van der Waals surface area contributed by atoms with E-state index >= 15 is 0 Å². The summed E-state index contributed by atoms with van der Waals surface area (Å²) in [5.74, 6) is -1.20. The van der Waals surface area contributed by atoms with Crippen molar-refractivity contribution < 1.29 is 19.2 Å². The number of nitro groups is 1. The van der Waals surface area contributed by atoms with Crippen LogP contribution in [0.25, 0.3) is 0 Å². The molecule has 8 heteroatoms. The Kier molecular flexibility index (Phi) is 5.87. The van der Waals surface area contributed by atoms with Crippen molar-refractivity contribution >= 4 is 39.2 Å². The zero-order valence-corrected chi connectivity index (χ0v) is 15.1. The Morgan fingerprint density at radius 2 is 1.76 bits per heavy atom. The fraction of sp³-hybridized carbons (Fsp3) is 0.176. The Labute approximate surface area is 152 Å². The molecule has 2 aromatic rings. The van der Waals surface area contributed by atoms with Gasteiger partial charge in [-0.15, -0.1) is 0 Å². The van der Waals surface area contributed by atoms with E-state index in [0.717, 1.165) is 15.6 Å². The molecule has 0 spiro atoms. The Morgan fingerprint density at radius 3 is 2.36 bits per heavy atom. The second kappa shape index (κ2) is 7.89. The zero-order valence-electron chi connectivity index (χ0n) is 13.5. The molecule has 0 atom stereocenters. The monoisotopic (exact) mass is 406 g/mol. The van der Waals surface area contributed by atoms with Crippen molar-refractivity contribution in [1.82, 2.24) is 0 Å². The van der Waals surface area contributed by atoms with Gasteiger partial charge in [0.2, 0.25) is 0 Å². The predicted octanol–water partition coefficient (Wildman–Crippen LogP) is 3.77. The highest BCUT2D eigenvalue weighted by Crippen LogP contribution is 2.25. The third-order valence-corrected chi connectivity index (χ3v) is 4.50. The minimum absolute atomic E-state index is 0.129. The average Bonchev–Trinajstić information content (AvgIpc) is 2.60. The van der Waals surface area contributed by atoms with E-state index in [1.165, 1.54) is 24.3 Å². The maximum Gasteiger partial charge on any atom is 0.338 e. The number of esters is 1. The van der Waals surface area contributed by atoms with E-state index in [4.69, 9.17) is 4.74 Å². The van der Waals surface area contributed by atoms with E-state index < -0.39 is 23.4 Å². The Balaban J connectivity index is 1.94. The van der Waals surface area contributed by atoms with Crippen molar-refractivity contribution in [2.45, 2.75) is 13.8 Å². The smallest absolute Gasteiger partial charge is 0.338 e. The number of anilines is 1. The number of rotatable bonds is 5. The first-order valence-corrected chi connectivity index (χ1v) is 8.06. The standard InChI is InChI=1S/C17H15BrN2O5/c1-10-11(2)15(8-7-14(10)18)19-16(21)9-25-17(22)12-3-5-13(6-4-12)20(23)24/h3-8H,9H2,1-2H3,(H,19,21). The Bertz CT molecular complexity index is 834. The summed E-state index contributed by atoms with van der Waals surface area (Å²) in [7, 11) is 0. The summed E-state index contributed by atoms with van der Waals surface area (Å²) in [5.41, 5.74) is 2.55. The maximum atomic E-state index is 12.0. The van der Waals surface area contributed by atoms with Gasteiger partial charge < -0.3 is 10.1 Å². The van der Waals surface area contributed by atoms with Gasteiger partial charge in [-0.1, -0.05) is 15.9 Å². The van der Waals surface area contributed by atoms with Crippen molar-refractivity contribution in [2.75, 3.05) is 11.9 Å². The van der Waals surface area contributed by atoms with Gasteiger partial charge in [0, 0.05) is 22.3 Å². The normalized spacial score (nSPS) is 10.2.